The molecule has 0 aromatic heterocycles. The number of benzene rings is 2. The van der Waals surface area contributed by atoms with Crippen molar-refractivity contribution >= 4 is 10.0 Å². The van der Waals surface area contributed by atoms with E-state index in [1.807, 2.05) is 31.2 Å². The van der Waals surface area contributed by atoms with E-state index >= 15 is 0 Å². The van der Waals surface area contributed by atoms with Gasteiger partial charge >= 0.3 is 0 Å². The Labute approximate surface area is 144 Å². The normalized spacial score (nSPS) is 12.9. The quantitative estimate of drug-likeness (QED) is 0.862. The molecule has 130 valence electrons. The molecule has 24 heavy (non-hydrogen) atoms. The van der Waals surface area contributed by atoms with Gasteiger partial charge in [0, 0.05) is 6.04 Å². The van der Waals surface area contributed by atoms with Crippen molar-refractivity contribution < 1.29 is 13.2 Å². The third-order valence-corrected chi connectivity index (χ3v) is 6.00. The lowest BCUT2D eigenvalue weighted by molar-refractivity contribution is 0.413. The highest BCUT2D eigenvalue weighted by Gasteiger charge is 2.23. The largest absolute Gasteiger partial charge is 0.497 e. The van der Waals surface area contributed by atoms with Crippen molar-refractivity contribution in [2.45, 2.75) is 45.1 Å². The van der Waals surface area contributed by atoms with Crippen LogP contribution in [0.15, 0.2) is 41.3 Å². The summed E-state index contributed by atoms with van der Waals surface area (Å²) in [5, 5.41) is 0. The highest BCUT2D eigenvalue weighted by atomic mass is 32.2. The number of nitrogens with one attached hydrogen (secondary N) is 1. The summed E-state index contributed by atoms with van der Waals surface area (Å²) in [6, 6.07) is 11.2. The molecule has 2 rings (SSSR count). The first kappa shape index (κ1) is 18.5. The van der Waals surface area contributed by atoms with Gasteiger partial charge < -0.3 is 4.74 Å². The van der Waals surface area contributed by atoms with Gasteiger partial charge in [-0.2, -0.15) is 0 Å². The topological polar surface area (TPSA) is 55.4 Å². The van der Waals surface area contributed by atoms with Crippen LogP contribution in [0.3, 0.4) is 0 Å². The molecule has 4 nitrogen and oxygen atoms in total. The van der Waals surface area contributed by atoms with E-state index in [1.165, 1.54) is 5.56 Å². The Kier molecular flexibility index (Phi) is 5.67. The standard InChI is InChI=1S/C19H25NO3S/c1-6-16-7-9-17(10-8-16)15(4)20-24(21,22)19-13(2)11-18(23-5)12-14(19)3/h7-12,15,20H,6H2,1-5H3. The van der Waals surface area contributed by atoms with Crippen molar-refractivity contribution in [2.24, 2.45) is 0 Å². The van der Waals surface area contributed by atoms with E-state index in [1.54, 1.807) is 33.1 Å². The molecule has 0 aliphatic heterocycles. The van der Waals surface area contributed by atoms with Gasteiger partial charge in [0.15, 0.2) is 0 Å². The zero-order valence-electron chi connectivity index (χ0n) is 14.9. The monoisotopic (exact) mass is 347 g/mol. The smallest absolute Gasteiger partial charge is 0.241 e. The lowest BCUT2D eigenvalue weighted by Gasteiger charge is -2.18. The second-order valence-electron chi connectivity index (χ2n) is 6.03. The Bertz CT molecular complexity index is 788. The molecule has 0 heterocycles. The first-order chi connectivity index (χ1) is 11.3. The van der Waals surface area contributed by atoms with Crippen molar-refractivity contribution in [3.63, 3.8) is 0 Å². The van der Waals surface area contributed by atoms with Crippen LogP contribution in [-0.2, 0) is 16.4 Å². The Morgan fingerprint density at radius 1 is 1.08 bits per heavy atom. The molecule has 0 bridgehead atoms. The van der Waals surface area contributed by atoms with Crippen LogP contribution in [0.1, 0.15) is 42.1 Å². The Balaban J connectivity index is 2.30. The van der Waals surface area contributed by atoms with Gasteiger partial charge in [0.1, 0.15) is 5.75 Å². The maximum atomic E-state index is 12.8. The predicted molar refractivity (Wildman–Crippen MR) is 97.0 cm³/mol. The van der Waals surface area contributed by atoms with Crippen LogP contribution in [0.4, 0.5) is 0 Å². The number of rotatable bonds is 6. The molecule has 0 saturated carbocycles. The number of sulfonamides is 1. The van der Waals surface area contributed by atoms with Crippen LogP contribution >= 0.6 is 0 Å². The van der Waals surface area contributed by atoms with Crippen LogP contribution in [0.5, 0.6) is 5.75 Å². The van der Waals surface area contributed by atoms with Crippen molar-refractivity contribution in [1.29, 1.82) is 0 Å². The van der Waals surface area contributed by atoms with Gasteiger partial charge in [-0.25, -0.2) is 13.1 Å². The summed E-state index contributed by atoms with van der Waals surface area (Å²) >= 11 is 0. The average Bonchev–Trinajstić information content (AvgIpc) is 2.53. The average molecular weight is 347 g/mol. The zero-order chi connectivity index (χ0) is 17.9. The van der Waals surface area contributed by atoms with Crippen molar-refractivity contribution in [3.05, 3.63) is 58.7 Å². The predicted octanol–water partition coefficient (Wildman–Crippen LogP) is 3.91. The number of hydrogen-bond acceptors (Lipinski definition) is 3. The summed E-state index contributed by atoms with van der Waals surface area (Å²) in [7, 11) is -2.04. The number of ether oxygens (including phenoxy) is 1. The molecule has 0 aliphatic rings. The third-order valence-electron chi connectivity index (χ3n) is 4.16. The molecule has 1 N–H and O–H groups in total. The number of aryl methyl sites for hydroxylation is 3. The second-order valence-corrected chi connectivity index (χ2v) is 7.68. The van der Waals surface area contributed by atoms with Gasteiger partial charge in [-0.3, -0.25) is 0 Å². The summed E-state index contributed by atoms with van der Waals surface area (Å²) in [6.45, 7) is 7.51. The minimum absolute atomic E-state index is 0.304. The van der Waals surface area contributed by atoms with E-state index in [0.29, 0.717) is 21.8 Å². The minimum atomic E-state index is -3.62. The van der Waals surface area contributed by atoms with Crippen LogP contribution in [0.2, 0.25) is 0 Å². The van der Waals surface area contributed by atoms with Crippen molar-refractivity contribution in [1.82, 2.24) is 4.72 Å². The van der Waals surface area contributed by atoms with Crippen LogP contribution < -0.4 is 9.46 Å². The first-order valence-corrected chi connectivity index (χ1v) is 9.53. The fraction of sp³-hybridized carbons (Fsp3) is 0.368. The number of methoxy groups -OCH3 is 1. The van der Waals surface area contributed by atoms with Crippen LogP contribution in [-0.4, -0.2) is 15.5 Å². The fourth-order valence-corrected chi connectivity index (χ4v) is 4.54. The fourth-order valence-electron chi connectivity index (χ4n) is 2.85. The van der Waals surface area contributed by atoms with E-state index in [4.69, 9.17) is 4.74 Å². The summed E-state index contributed by atoms with van der Waals surface area (Å²) in [6.07, 6.45) is 0.963. The Morgan fingerprint density at radius 3 is 2.08 bits per heavy atom. The van der Waals surface area contributed by atoms with Gasteiger partial charge in [-0.1, -0.05) is 31.2 Å². The molecule has 2 aromatic carbocycles. The lowest BCUT2D eigenvalue weighted by Crippen LogP contribution is -2.28. The van der Waals surface area contributed by atoms with Crippen molar-refractivity contribution in [2.75, 3.05) is 7.11 Å². The Hall–Kier alpha value is -1.85. The third kappa shape index (κ3) is 3.97. The van der Waals surface area contributed by atoms with Gasteiger partial charge in [-0.05, 0) is 61.6 Å². The van der Waals surface area contributed by atoms with Crippen LogP contribution in [0, 0.1) is 13.8 Å². The van der Waals surface area contributed by atoms with Gasteiger partial charge in [0.05, 0.1) is 12.0 Å². The highest BCUT2D eigenvalue weighted by Crippen LogP contribution is 2.27. The van der Waals surface area contributed by atoms with E-state index in [9.17, 15) is 8.42 Å². The summed E-state index contributed by atoms with van der Waals surface area (Å²) in [5.41, 5.74) is 3.52. The first-order valence-electron chi connectivity index (χ1n) is 8.05. The summed E-state index contributed by atoms with van der Waals surface area (Å²) < 4.78 is 33.6. The molecule has 5 heteroatoms. The SMILES string of the molecule is CCc1ccc(C(C)NS(=O)(=O)c2c(C)cc(OC)cc2C)cc1. The van der Waals surface area contributed by atoms with Crippen LogP contribution in [0.25, 0.3) is 0 Å². The molecule has 0 spiro atoms. The van der Waals surface area contributed by atoms with E-state index < -0.39 is 10.0 Å². The van der Waals surface area contributed by atoms with E-state index in [2.05, 4.69) is 11.6 Å². The maximum Gasteiger partial charge on any atom is 0.241 e. The molecule has 1 unspecified atom stereocenters. The molecule has 0 aliphatic carbocycles. The molecule has 0 radical (unpaired) electrons. The Morgan fingerprint density at radius 2 is 1.62 bits per heavy atom. The second kappa shape index (κ2) is 7.36. The number of hydrogen-bond donors (Lipinski definition) is 1. The van der Waals surface area contributed by atoms with Crippen molar-refractivity contribution in [3.8, 4) is 5.75 Å². The molecule has 1 atom stereocenters. The highest BCUT2D eigenvalue weighted by molar-refractivity contribution is 7.89. The summed E-state index contributed by atoms with van der Waals surface area (Å²) in [5.74, 6) is 0.659. The molecule has 2 aromatic rings. The zero-order valence-corrected chi connectivity index (χ0v) is 15.7. The molecule has 0 fully saturated rings. The van der Waals surface area contributed by atoms with Gasteiger partial charge in [0.2, 0.25) is 10.0 Å². The minimum Gasteiger partial charge on any atom is -0.497 e. The lowest BCUT2D eigenvalue weighted by atomic mass is 10.1. The van der Waals surface area contributed by atoms with E-state index in [-0.39, 0.29) is 6.04 Å². The van der Waals surface area contributed by atoms with Gasteiger partial charge in [0.25, 0.3) is 0 Å². The maximum absolute atomic E-state index is 12.8. The summed E-state index contributed by atoms with van der Waals surface area (Å²) in [4.78, 5) is 0.320. The van der Waals surface area contributed by atoms with Gasteiger partial charge in [-0.15, -0.1) is 0 Å². The molecular weight excluding hydrogens is 322 g/mol. The molecule has 0 saturated heterocycles. The van der Waals surface area contributed by atoms with E-state index in [0.717, 1.165) is 12.0 Å². The molecular formula is C19H25NO3S. The molecule has 0 amide bonds.